The maximum atomic E-state index is 13.3. The number of rotatable bonds is 8. The van der Waals surface area contributed by atoms with E-state index >= 15 is 0 Å². The summed E-state index contributed by atoms with van der Waals surface area (Å²) in [6, 6.07) is 19.7. The molecule has 2 N–H and O–H groups in total. The van der Waals surface area contributed by atoms with Gasteiger partial charge in [-0.2, -0.15) is 0 Å². The average molecular weight is 541 g/mol. The Morgan fingerprint density at radius 3 is 2.22 bits per heavy atom. The molecule has 2 heterocycles. The van der Waals surface area contributed by atoms with Gasteiger partial charge in [0.15, 0.2) is 0 Å². The van der Waals surface area contributed by atoms with E-state index in [4.69, 9.17) is 4.74 Å². The second-order valence-electron chi connectivity index (χ2n) is 7.66. The van der Waals surface area contributed by atoms with Crippen LogP contribution in [0.5, 0.6) is 5.75 Å². The van der Waals surface area contributed by atoms with Crippen LogP contribution in [0.4, 0.5) is 11.4 Å². The molecule has 0 aliphatic rings. The van der Waals surface area contributed by atoms with Crippen LogP contribution in [0.25, 0.3) is 15.8 Å². The van der Waals surface area contributed by atoms with E-state index < -0.39 is 20.0 Å². The fraction of sp³-hybridized carbons (Fsp3) is 0.0417. The van der Waals surface area contributed by atoms with Gasteiger partial charge in [0.2, 0.25) is 0 Å². The van der Waals surface area contributed by atoms with Gasteiger partial charge < -0.3 is 9.30 Å². The van der Waals surface area contributed by atoms with Gasteiger partial charge in [0, 0.05) is 23.2 Å². The van der Waals surface area contributed by atoms with Gasteiger partial charge in [0.05, 0.1) is 30.5 Å². The van der Waals surface area contributed by atoms with Gasteiger partial charge in [-0.25, -0.2) is 21.8 Å². The molecule has 3 aromatic carbocycles. The van der Waals surface area contributed by atoms with E-state index in [-0.39, 0.29) is 26.2 Å². The van der Waals surface area contributed by atoms with Crippen molar-refractivity contribution in [3.63, 3.8) is 0 Å². The van der Waals surface area contributed by atoms with E-state index in [2.05, 4.69) is 14.4 Å². The van der Waals surface area contributed by atoms with Crippen LogP contribution >= 0.6 is 11.3 Å². The summed E-state index contributed by atoms with van der Waals surface area (Å²) in [5.41, 5.74) is 0.829. The lowest BCUT2D eigenvalue weighted by atomic mass is 10.3. The summed E-state index contributed by atoms with van der Waals surface area (Å²) >= 11 is 1.13. The number of nitrogens with zero attached hydrogens (tertiary/aromatic N) is 2. The number of aromatic nitrogens is 2. The molecular weight excluding hydrogens is 520 g/mol. The predicted octanol–water partition coefficient (Wildman–Crippen LogP) is 4.70. The lowest BCUT2D eigenvalue weighted by Gasteiger charge is -2.16. The van der Waals surface area contributed by atoms with Crippen LogP contribution < -0.4 is 14.2 Å². The Labute approximate surface area is 212 Å². The summed E-state index contributed by atoms with van der Waals surface area (Å²) in [5, 5.41) is 0.808. The third-order valence-corrected chi connectivity index (χ3v) is 9.68. The van der Waals surface area contributed by atoms with Crippen LogP contribution in [0.3, 0.4) is 0 Å². The van der Waals surface area contributed by atoms with Gasteiger partial charge in [-0.15, -0.1) is 11.3 Å². The van der Waals surface area contributed by atoms with E-state index in [1.807, 2.05) is 24.3 Å². The first-order chi connectivity index (χ1) is 17.3. The highest BCUT2D eigenvalue weighted by molar-refractivity contribution is 7.95. The summed E-state index contributed by atoms with van der Waals surface area (Å²) in [6.45, 7) is 0. The molecule has 36 heavy (non-hydrogen) atoms. The van der Waals surface area contributed by atoms with Crippen molar-refractivity contribution in [3.05, 3.63) is 91.5 Å². The van der Waals surface area contributed by atoms with Gasteiger partial charge in [-0.1, -0.05) is 30.3 Å². The van der Waals surface area contributed by atoms with Crippen molar-refractivity contribution in [3.8, 4) is 11.4 Å². The number of fused-ring (bicyclic) bond motifs is 1. The minimum absolute atomic E-state index is 0.0722. The second kappa shape index (κ2) is 9.30. The number of methoxy groups -OCH3 is 1. The molecule has 0 aliphatic heterocycles. The lowest BCUT2D eigenvalue weighted by molar-refractivity contribution is 0.402. The molecule has 2 aromatic heterocycles. The Morgan fingerprint density at radius 2 is 1.56 bits per heavy atom. The molecule has 0 fully saturated rings. The quantitative estimate of drug-likeness (QED) is 0.295. The van der Waals surface area contributed by atoms with Crippen molar-refractivity contribution in [2.75, 3.05) is 16.6 Å². The number of ether oxygens (including phenoxy) is 1. The number of hydrogen-bond donors (Lipinski definition) is 2. The van der Waals surface area contributed by atoms with E-state index in [0.717, 1.165) is 21.4 Å². The number of hydrogen-bond acceptors (Lipinski definition) is 7. The minimum Gasteiger partial charge on any atom is -0.495 e. The number of benzene rings is 3. The first-order valence-corrected chi connectivity index (χ1v) is 14.3. The van der Waals surface area contributed by atoms with E-state index in [1.54, 1.807) is 53.6 Å². The topological polar surface area (TPSA) is 119 Å². The second-order valence-corrected chi connectivity index (χ2v) is 12.3. The Bertz CT molecular complexity index is 1730. The van der Waals surface area contributed by atoms with Crippen LogP contribution in [-0.4, -0.2) is 33.5 Å². The highest BCUT2D eigenvalue weighted by Crippen LogP contribution is 2.34. The van der Waals surface area contributed by atoms with Crippen molar-refractivity contribution < 1.29 is 21.6 Å². The summed E-state index contributed by atoms with van der Waals surface area (Å²) < 4.78 is 65.8. The van der Waals surface area contributed by atoms with E-state index in [0.29, 0.717) is 5.69 Å². The van der Waals surface area contributed by atoms with Crippen LogP contribution in [0.2, 0.25) is 0 Å². The van der Waals surface area contributed by atoms with Gasteiger partial charge in [-0.3, -0.25) is 9.44 Å². The molecule has 12 heteroatoms. The molecular formula is C24H20N4O5S3. The third-order valence-electron chi connectivity index (χ3n) is 5.32. The first-order valence-electron chi connectivity index (χ1n) is 10.6. The SMILES string of the molecule is COc1cc(-n2ccnc2)ccc1S(=O)(=O)Nc1ccccc1NS(=O)(=O)c1cc2ccccc2s1. The maximum Gasteiger partial charge on any atom is 0.271 e. The van der Waals surface area contributed by atoms with Crippen LogP contribution in [0.15, 0.2) is 101 Å². The Morgan fingerprint density at radius 1 is 0.861 bits per heavy atom. The van der Waals surface area contributed by atoms with E-state index in [9.17, 15) is 16.8 Å². The molecule has 0 saturated carbocycles. The van der Waals surface area contributed by atoms with Crippen LogP contribution in [0, 0.1) is 0 Å². The Balaban J connectivity index is 1.46. The molecule has 0 unspecified atom stereocenters. The zero-order chi connectivity index (χ0) is 25.3. The largest absolute Gasteiger partial charge is 0.495 e. The lowest BCUT2D eigenvalue weighted by Crippen LogP contribution is -2.17. The third kappa shape index (κ3) is 4.65. The fourth-order valence-electron chi connectivity index (χ4n) is 3.60. The summed E-state index contributed by atoms with van der Waals surface area (Å²) in [5.74, 6) is 0.122. The number of nitrogens with one attached hydrogen (secondary N) is 2. The molecule has 184 valence electrons. The zero-order valence-electron chi connectivity index (χ0n) is 18.8. The number of thiophene rings is 1. The maximum absolute atomic E-state index is 13.3. The predicted molar refractivity (Wildman–Crippen MR) is 140 cm³/mol. The normalized spacial score (nSPS) is 11.9. The zero-order valence-corrected chi connectivity index (χ0v) is 21.3. The van der Waals surface area contributed by atoms with Gasteiger partial charge in [0.25, 0.3) is 20.0 Å². The molecule has 0 spiro atoms. The standard InChI is InChI=1S/C24H20N4O5S3/c1-33-21-15-18(28-13-12-25-16-28)10-11-23(21)35(29,30)26-19-7-3-4-8-20(19)27-36(31,32)24-14-17-6-2-5-9-22(17)34-24/h2-16,26-27H,1H3. The highest BCUT2D eigenvalue weighted by Gasteiger charge is 2.24. The molecule has 0 aliphatic carbocycles. The van der Waals surface area contributed by atoms with Crippen molar-refractivity contribution in [1.82, 2.24) is 9.55 Å². The number of sulfonamides is 2. The molecule has 0 bridgehead atoms. The number of anilines is 2. The number of para-hydroxylation sites is 2. The van der Waals surface area contributed by atoms with Crippen LogP contribution in [0.1, 0.15) is 0 Å². The molecule has 9 nitrogen and oxygen atoms in total. The molecule has 0 radical (unpaired) electrons. The minimum atomic E-state index is -4.14. The highest BCUT2D eigenvalue weighted by atomic mass is 32.2. The molecule has 0 saturated heterocycles. The van der Waals surface area contributed by atoms with Crippen molar-refractivity contribution in [2.24, 2.45) is 0 Å². The molecule has 5 aromatic rings. The monoisotopic (exact) mass is 540 g/mol. The summed E-state index contributed by atoms with van der Waals surface area (Å²) in [6.07, 6.45) is 4.91. The van der Waals surface area contributed by atoms with E-state index in [1.165, 1.54) is 25.3 Å². The van der Waals surface area contributed by atoms with Crippen molar-refractivity contribution in [2.45, 2.75) is 9.10 Å². The van der Waals surface area contributed by atoms with Crippen LogP contribution in [-0.2, 0) is 20.0 Å². The van der Waals surface area contributed by atoms with Crippen molar-refractivity contribution in [1.29, 1.82) is 0 Å². The summed E-state index contributed by atoms with van der Waals surface area (Å²) in [7, 11) is -6.72. The molecule has 5 rings (SSSR count). The molecule has 0 amide bonds. The van der Waals surface area contributed by atoms with Gasteiger partial charge in [-0.05, 0) is 41.8 Å². The smallest absolute Gasteiger partial charge is 0.271 e. The van der Waals surface area contributed by atoms with Gasteiger partial charge >= 0.3 is 0 Å². The number of imidazole rings is 1. The summed E-state index contributed by atoms with van der Waals surface area (Å²) in [4.78, 5) is 3.89. The first kappa shape index (κ1) is 23.9. The Hall–Kier alpha value is -3.87. The fourth-order valence-corrected chi connectivity index (χ4v) is 7.31. The molecule has 0 atom stereocenters. The van der Waals surface area contributed by atoms with Gasteiger partial charge in [0.1, 0.15) is 14.9 Å². The van der Waals surface area contributed by atoms with Crippen molar-refractivity contribution >= 4 is 52.8 Å². The Kier molecular flexibility index (Phi) is 6.16. The average Bonchev–Trinajstić information content (AvgIpc) is 3.55.